The minimum atomic E-state index is -4.64. The topological polar surface area (TPSA) is 167 Å². The van der Waals surface area contributed by atoms with Gasteiger partial charge in [-0.2, -0.15) is 0 Å². The summed E-state index contributed by atoms with van der Waals surface area (Å²) < 4.78 is 8.88. The minimum absolute atomic E-state index is 0.345. The molecule has 0 aromatic rings. The molecule has 8 N–H and O–H groups in total. The summed E-state index contributed by atoms with van der Waals surface area (Å²) in [7, 11) is -4.64. The van der Waals surface area contributed by atoms with Crippen LogP contribution >= 0.6 is 7.82 Å². The Morgan fingerprint density at radius 3 is 1.19 bits per heavy atom. The van der Waals surface area contributed by atoms with E-state index in [1.54, 1.807) is 0 Å². The van der Waals surface area contributed by atoms with Crippen LogP contribution in [0.5, 0.6) is 0 Å². The van der Waals surface area contributed by atoms with E-state index in [4.69, 9.17) is 35.8 Å². The lowest BCUT2D eigenvalue weighted by Gasteiger charge is -2.02. The van der Waals surface area contributed by atoms with E-state index >= 15 is 0 Å². The Bertz CT molecular complexity index is 330. The maximum atomic E-state index is 10.3. The molecular formula is C18H43N2O6P. The van der Waals surface area contributed by atoms with Crippen molar-refractivity contribution < 1.29 is 29.1 Å². The number of carboxylic acids is 1. The van der Waals surface area contributed by atoms with Gasteiger partial charge in [0.1, 0.15) is 0 Å². The van der Waals surface area contributed by atoms with Gasteiger partial charge in [0.2, 0.25) is 0 Å². The summed E-state index contributed by atoms with van der Waals surface area (Å²) in [5, 5.41) is 8.49. The summed E-state index contributed by atoms with van der Waals surface area (Å²) in [6, 6.07) is 0. The van der Waals surface area contributed by atoms with Gasteiger partial charge in [-0.25, -0.2) is 4.57 Å². The van der Waals surface area contributed by atoms with Crippen LogP contribution in [0, 0.1) is 0 Å². The molecule has 0 heterocycles. The number of carbonyl (C=O) groups is 1. The number of hydrogen-bond donors (Lipinski definition) is 6. The van der Waals surface area contributed by atoms with E-state index in [1.807, 2.05) is 0 Å². The fourth-order valence-electron chi connectivity index (χ4n) is 2.29. The smallest absolute Gasteiger partial charge is 0.466 e. The second-order valence-corrected chi connectivity index (χ2v) is 7.50. The normalized spacial score (nSPS) is 10.4. The van der Waals surface area contributed by atoms with Crippen molar-refractivity contribution in [2.75, 3.05) is 13.1 Å². The molecular weight excluding hydrogens is 371 g/mol. The average molecular weight is 415 g/mol. The number of hydrogen-bond acceptors (Lipinski definition) is 4. The Kier molecular flexibility index (Phi) is 29.5. The van der Waals surface area contributed by atoms with Crippen LogP contribution in [0.25, 0.3) is 0 Å². The molecule has 0 aromatic heterocycles. The molecule has 0 aliphatic heterocycles. The van der Waals surface area contributed by atoms with Crippen LogP contribution in [0.2, 0.25) is 0 Å². The van der Waals surface area contributed by atoms with Gasteiger partial charge in [0.25, 0.3) is 0 Å². The molecule has 0 fully saturated rings. The number of unbranched alkanes of at least 4 members (excludes halogenated alkanes) is 12. The molecule has 0 aromatic carbocycles. The van der Waals surface area contributed by atoms with Crippen LogP contribution in [0.1, 0.15) is 96.8 Å². The van der Waals surface area contributed by atoms with Crippen molar-refractivity contribution in [3.63, 3.8) is 0 Å². The van der Waals surface area contributed by atoms with Crippen LogP contribution in [-0.2, 0) is 9.36 Å². The summed E-state index contributed by atoms with van der Waals surface area (Å²) in [5.74, 6) is -0.655. The zero-order valence-corrected chi connectivity index (χ0v) is 17.9. The van der Waals surface area contributed by atoms with Gasteiger partial charge in [0.05, 0.1) is 0 Å². The highest BCUT2D eigenvalue weighted by atomic mass is 31.2. The summed E-state index contributed by atoms with van der Waals surface area (Å²) in [4.78, 5) is 31.9. The van der Waals surface area contributed by atoms with Gasteiger partial charge in [-0.15, -0.1) is 0 Å². The van der Waals surface area contributed by atoms with Gasteiger partial charge < -0.3 is 31.3 Å². The summed E-state index contributed by atoms with van der Waals surface area (Å²) in [5.41, 5.74) is 9.81. The molecule has 0 amide bonds. The zero-order valence-electron chi connectivity index (χ0n) is 17.0. The molecule has 9 heteroatoms. The molecule has 0 radical (unpaired) electrons. The van der Waals surface area contributed by atoms with Crippen molar-refractivity contribution in [2.24, 2.45) is 11.5 Å². The van der Waals surface area contributed by atoms with Crippen LogP contribution in [0.4, 0.5) is 0 Å². The first-order valence-corrected chi connectivity index (χ1v) is 11.7. The van der Waals surface area contributed by atoms with E-state index in [0.717, 1.165) is 12.8 Å². The van der Waals surface area contributed by atoms with E-state index in [-0.39, 0.29) is 0 Å². The summed E-state index contributed by atoms with van der Waals surface area (Å²) in [6.45, 7) is 3.45. The second kappa shape index (κ2) is 25.5. The Balaban J connectivity index is -0.000000528. The maximum Gasteiger partial charge on any atom is 0.466 e. The van der Waals surface area contributed by atoms with Crippen molar-refractivity contribution in [3.8, 4) is 0 Å². The fourth-order valence-corrected chi connectivity index (χ4v) is 2.29. The van der Waals surface area contributed by atoms with Crippen molar-refractivity contribution in [1.82, 2.24) is 0 Å². The molecule has 0 spiro atoms. The van der Waals surface area contributed by atoms with Crippen LogP contribution < -0.4 is 11.5 Å². The van der Waals surface area contributed by atoms with Gasteiger partial charge in [-0.1, -0.05) is 84.0 Å². The van der Waals surface area contributed by atoms with E-state index in [0.29, 0.717) is 19.5 Å². The van der Waals surface area contributed by atoms with Gasteiger partial charge in [0, 0.05) is 19.5 Å². The largest absolute Gasteiger partial charge is 0.481 e. The highest BCUT2D eigenvalue weighted by Gasteiger charge is 2.00. The van der Waals surface area contributed by atoms with Crippen molar-refractivity contribution >= 4 is 13.8 Å². The quantitative estimate of drug-likeness (QED) is 0.175. The predicted octanol–water partition coefficient (Wildman–Crippen LogP) is 3.53. The Labute approximate surface area is 165 Å². The standard InChI is InChI=1S/C16H32O2.C2H8N2.H3O4P/c1-2-3-4-5-6-7-8-9-10-11-12-13-14-15-16(17)18;3-1-2-4;1-5(2,3)4/h2-15H2,1H3,(H,17,18);1-4H2;(H3,1,2,3,4). The van der Waals surface area contributed by atoms with E-state index in [9.17, 15) is 4.79 Å². The zero-order chi connectivity index (χ0) is 21.4. The molecule has 0 bridgehead atoms. The molecule has 0 rings (SSSR count). The third-order valence-electron chi connectivity index (χ3n) is 3.66. The molecule has 0 aliphatic rings. The molecule has 0 saturated carbocycles. The molecule has 0 saturated heterocycles. The highest BCUT2D eigenvalue weighted by Crippen LogP contribution is 2.25. The lowest BCUT2D eigenvalue weighted by Crippen LogP contribution is -2.11. The van der Waals surface area contributed by atoms with Crippen LogP contribution in [-0.4, -0.2) is 38.8 Å². The second-order valence-electron chi connectivity index (χ2n) is 6.48. The van der Waals surface area contributed by atoms with E-state index < -0.39 is 13.8 Å². The SMILES string of the molecule is CCCCCCCCCCCCCCCC(=O)O.NCCN.O=P(O)(O)O. The molecule has 0 atom stereocenters. The number of nitrogens with two attached hydrogens (primary N) is 2. The Morgan fingerprint density at radius 1 is 0.704 bits per heavy atom. The van der Waals surface area contributed by atoms with Gasteiger partial charge in [0.15, 0.2) is 0 Å². The molecule has 0 unspecified atom stereocenters. The van der Waals surface area contributed by atoms with Gasteiger partial charge in [-0.05, 0) is 6.42 Å². The summed E-state index contributed by atoms with van der Waals surface area (Å²) >= 11 is 0. The van der Waals surface area contributed by atoms with Gasteiger partial charge in [-0.3, -0.25) is 4.79 Å². The monoisotopic (exact) mass is 414 g/mol. The summed E-state index contributed by atoms with van der Waals surface area (Å²) in [6.07, 6.45) is 17.3. The molecule has 166 valence electrons. The number of phosphoric acid groups is 1. The molecule has 27 heavy (non-hydrogen) atoms. The van der Waals surface area contributed by atoms with Crippen molar-refractivity contribution in [3.05, 3.63) is 0 Å². The van der Waals surface area contributed by atoms with Crippen LogP contribution in [0.3, 0.4) is 0 Å². The predicted molar refractivity (Wildman–Crippen MR) is 110 cm³/mol. The molecule has 8 nitrogen and oxygen atoms in total. The third kappa shape index (κ3) is 58.6. The third-order valence-corrected chi connectivity index (χ3v) is 3.66. The van der Waals surface area contributed by atoms with Gasteiger partial charge >= 0.3 is 13.8 Å². The first kappa shape index (κ1) is 31.2. The van der Waals surface area contributed by atoms with Crippen LogP contribution in [0.15, 0.2) is 0 Å². The Hall–Kier alpha value is -0.500. The highest BCUT2D eigenvalue weighted by molar-refractivity contribution is 7.45. The fraction of sp³-hybridized carbons (Fsp3) is 0.944. The first-order chi connectivity index (χ1) is 12.7. The maximum absolute atomic E-state index is 10.3. The number of aliphatic carboxylic acids is 1. The minimum Gasteiger partial charge on any atom is -0.481 e. The number of carboxylic acid groups (broad SMARTS) is 1. The van der Waals surface area contributed by atoms with E-state index in [2.05, 4.69) is 6.92 Å². The molecule has 0 aliphatic carbocycles. The average Bonchev–Trinajstić information content (AvgIpc) is 2.57. The lowest BCUT2D eigenvalue weighted by molar-refractivity contribution is -0.137. The van der Waals surface area contributed by atoms with E-state index in [1.165, 1.54) is 70.6 Å². The van der Waals surface area contributed by atoms with Crippen molar-refractivity contribution in [2.45, 2.75) is 96.8 Å². The first-order valence-electron chi connectivity index (χ1n) is 10.1. The Morgan fingerprint density at radius 2 is 0.963 bits per heavy atom. The number of rotatable bonds is 15. The van der Waals surface area contributed by atoms with Crippen molar-refractivity contribution in [1.29, 1.82) is 0 Å². The lowest BCUT2D eigenvalue weighted by atomic mass is 10.0.